The summed E-state index contributed by atoms with van der Waals surface area (Å²) in [5.74, 6) is -0.573. The van der Waals surface area contributed by atoms with Crippen LogP contribution in [0.5, 0.6) is 0 Å². The SMILES string of the molecule is Cc1ccc2[nH]c(C(=O)N3C[C@H]4[C@@H]([C@H]3C(=O)N[C@H](C=O)C[C@@H]3CCNC3=O)C4(C)C)cc2c1. The highest BCUT2D eigenvalue weighted by Crippen LogP contribution is 2.65. The number of aromatic nitrogens is 1. The predicted octanol–water partition coefficient (Wildman–Crippen LogP) is 1.78. The Morgan fingerprint density at radius 2 is 2.09 bits per heavy atom. The van der Waals surface area contributed by atoms with Crippen molar-refractivity contribution in [1.29, 1.82) is 0 Å². The number of carbonyl (C=O) groups is 4. The van der Waals surface area contributed by atoms with E-state index in [0.717, 1.165) is 16.5 Å². The standard InChI is InChI=1S/C25H30N4O4/c1-13-4-5-18-15(8-13)10-19(28-18)24(33)29-11-17-20(25(17,2)3)21(29)23(32)27-16(12-30)9-14-6-7-26-22(14)31/h4-5,8,10,12,14,16-17,20-21,28H,6-7,9,11H2,1-3H3,(H,26,31)(H,27,32)/t14-,16-,17-,20-,21-/m0/s1. The molecule has 3 fully saturated rings. The van der Waals surface area contributed by atoms with Crippen LogP contribution < -0.4 is 10.6 Å². The molecule has 3 N–H and O–H groups in total. The smallest absolute Gasteiger partial charge is 0.271 e. The lowest BCUT2D eigenvalue weighted by molar-refractivity contribution is -0.129. The van der Waals surface area contributed by atoms with E-state index in [1.165, 1.54) is 0 Å². The zero-order valence-corrected chi connectivity index (χ0v) is 19.2. The van der Waals surface area contributed by atoms with Crippen LogP contribution in [0.25, 0.3) is 10.9 Å². The first-order valence-electron chi connectivity index (χ1n) is 11.6. The molecule has 1 saturated carbocycles. The second-order valence-electron chi connectivity index (χ2n) is 10.4. The average Bonchev–Trinajstić information content (AvgIpc) is 3.28. The number of H-pyrrole nitrogens is 1. The molecule has 8 heteroatoms. The van der Waals surface area contributed by atoms with E-state index in [9.17, 15) is 19.2 Å². The van der Waals surface area contributed by atoms with Crippen LogP contribution in [0, 0.1) is 30.1 Å². The van der Waals surface area contributed by atoms with E-state index in [-0.39, 0.29) is 47.3 Å². The molecule has 2 aliphatic heterocycles. The largest absolute Gasteiger partial charge is 0.356 e. The maximum absolute atomic E-state index is 13.5. The van der Waals surface area contributed by atoms with Gasteiger partial charge in [0.1, 0.15) is 18.0 Å². The molecule has 174 valence electrons. The van der Waals surface area contributed by atoms with Crippen LogP contribution in [0.3, 0.4) is 0 Å². The number of piperidine rings is 1. The van der Waals surface area contributed by atoms with E-state index in [0.29, 0.717) is 31.5 Å². The lowest BCUT2D eigenvalue weighted by Crippen LogP contribution is -2.52. The molecule has 1 aromatic heterocycles. The van der Waals surface area contributed by atoms with Crippen molar-refractivity contribution >= 4 is 34.9 Å². The lowest BCUT2D eigenvalue weighted by Gasteiger charge is -2.30. The van der Waals surface area contributed by atoms with Gasteiger partial charge in [-0.3, -0.25) is 14.4 Å². The van der Waals surface area contributed by atoms with Gasteiger partial charge < -0.3 is 25.3 Å². The first kappa shape index (κ1) is 21.7. The molecular weight excluding hydrogens is 420 g/mol. The number of aldehydes is 1. The van der Waals surface area contributed by atoms with Gasteiger partial charge in [-0.2, -0.15) is 0 Å². The average molecular weight is 451 g/mol. The number of aromatic amines is 1. The molecule has 2 aromatic rings. The molecule has 3 amide bonds. The van der Waals surface area contributed by atoms with E-state index in [1.807, 2.05) is 31.2 Å². The molecule has 0 spiro atoms. The number of nitrogens with one attached hydrogen (secondary N) is 3. The van der Waals surface area contributed by atoms with Crippen LogP contribution in [0.2, 0.25) is 0 Å². The molecule has 5 atom stereocenters. The number of hydrogen-bond donors (Lipinski definition) is 3. The number of nitrogens with zero attached hydrogens (tertiary/aromatic N) is 1. The monoisotopic (exact) mass is 450 g/mol. The van der Waals surface area contributed by atoms with Gasteiger partial charge in [0.2, 0.25) is 11.8 Å². The van der Waals surface area contributed by atoms with E-state index in [1.54, 1.807) is 4.90 Å². The molecule has 0 bridgehead atoms. The van der Waals surface area contributed by atoms with Crippen molar-refractivity contribution in [3.8, 4) is 0 Å². The Kier molecular flexibility index (Phi) is 5.06. The van der Waals surface area contributed by atoms with E-state index in [2.05, 4.69) is 29.5 Å². The topological polar surface area (TPSA) is 111 Å². The first-order valence-corrected chi connectivity index (χ1v) is 11.6. The predicted molar refractivity (Wildman–Crippen MR) is 122 cm³/mol. The summed E-state index contributed by atoms with van der Waals surface area (Å²) in [6.07, 6.45) is 1.63. The fraction of sp³-hybridized carbons (Fsp3) is 0.520. The Bertz CT molecular complexity index is 1150. The highest BCUT2D eigenvalue weighted by atomic mass is 16.2. The molecule has 33 heavy (non-hydrogen) atoms. The summed E-state index contributed by atoms with van der Waals surface area (Å²) in [5, 5.41) is 6.55. The maximum atomic E-state index is 13.5. The summed E-state index contributed by atoms with van der Waals surface area (Å²) in [5.41, 5.74) is 2.42. The molecule has 0 radical (unpaired) electrons. The Labute approximate surface area is 192 Å². The Balaban J connectivity index is 1.36. The summed E-state index contributed by atoms with van der Waals surface area (Å²) >= 11 is 0. The number of likely N-dealkylation sites (tertiary alicyclic amines) is 1. The van der Waals surface area contributed by atoms with Gasteiger partial charge in [0.05, 0.1) is 6.04 Å². The molecule has 1 aliphatic carbocycles. The minimum atomic E-state index is -0.750. The highest BCUT2D eigenvalue weighted by molar-refractivity contribution is 6.01. The van der Waals surface area contributed by atoms with Crippen LogP contribution in [0.4, 0.5) is 0 Å². The normalized spacial score (nSPS) is 28.3. The first-order chi connectivity index (χ1) is 15.7. The van der Waals surface area contributed by atoms with Crippen molar-refractivity contribution in [3.63, 3.8) is 0 Å². The number of fused-ring (bicyclic) bond motifs is 2. The van der Waals surface area contributed by atoms with Crippen LogP contribution in [-0.4, -0.2) is 59.1 Å². The Hall–Kier alpha value is -3.16. The zero-order chi connectivity index (χ0) is 23.5. The van der Waals surface area contributed by atoms with Gasteiger partial charge in [-0.25, -0.2) is 0 Å². The molecule has 1 aromatic carbocycles. The summed E-state index contributed by atoms with van der Waals surface area (Å²) < 4.78 is 0. The summed E-state index contributed by atoms with van der Waals surface area (Å²) in [6.45, 7) is 7.35. The summed E-state index contributed by atoms with van der Waals surface area (Å²) in [6, 6.07) is 6.41. The van der Waals surface area contributed by atoms with Crippen LogP contribution in [-0.2, 0) is 14.4 Å². The third-order valence-electron chi connectivity index (χ3n) is 7.94. The molecule has 0 unspecified atom stereocenters. The van der Waals surface area contributed by atoms with Crippen LogP contribution in [0.15, 0.2) is 24.3 Å². The summed E-state index contributed by atoms with van der Waals surface area (Å²) in [4.78, 5) is 55.3. The molecule has 8 nitrogen and oxygen atoms in total. The van der Waals surface area contributed by atoms with Crippen LogP contribution >= 0.6 is 0 Å². The highest BCUT2D eigenvalue weighted by Gasteiger charge is 2.69. The molecule has 5 rings (SSSR count). The van der Waals surface area contributed by atoms with Crippen molar-refractivity contribution in [2.45, 2.75) is 45.7 Å². The Morgan fingerprint density at radius 1 is 1.30 bits per heavy atom. The molecular formula is C25H30N4O4. The minimum Gasteiger partial charge on any atom is -0.356 e. The van der Waals surface area contributed by atoms with Gasteiger partial charge in [0.25, 0.3) is 5.91 Å². The van der Waals surface area contributed by atoms with Gasteiger partial charge in [-0.05, 0) is 55.2 Å². The van der Waals surface area contributed by atoms with Crippen molar-refractivity contribution < 1.29 is 19.2 Å². The quantitative estimate of drug-likeness (QED) is 0.583. The van der Waals surface area contributed by atoms with Crippen molar-refractivity contribution in [3.05, 3.63) is 35.5 Å². The maximum Gasteiger partial charge on any atom is 0.271 e. The third-order valence-corrected chi connectivity index (χ3v) is 7.94. The molecule has 3 aliphatic rings. The fourth-order valence-corrected chi connectivity index (χ4v) is 5.91. The van der Waals surface area contributed by atoms with E-state index in [4.69, 9.17) is 0 Å². The van der Waals surface area contributed by atoms with Crippen molar-refractivity contribution in [1.82, 2.24) is 20.5 Å². The second kappa shape index (κ2) is 7.71. The number of hydrogen-bond acceptors (Lipinski definition) is 4. The summed E-state index contributed by atoms with van der Waals surface area (Å²) in [7, 11) is 0. The number of amides is 3. The number of benzene rings is 1. The number of aryl methyl sites for hydroxylation is 1. The molecule has 2 saturated heterocycles. The minimum absolute atomic E-state index is 0.0294. The van der Waals surface area contributed by atoms with Crippen LogP contribution in [0.1, 0.15) is 42.7 Å². The van der Waals surface area contributed by atoms with Gasteiger partial charge in [-0.1, -0.05) is 25.5 Å². The van der Waals surface area contributed by atoms with Gasteiger partial charge >= 0.3 is 0 Å². The number of rotatable bonds is 6. The van der Waals surface area contributed by atoms with Gasteiger partial charge in [0, 0.05) is 29.9 Å². The number of carbonyl (C=O) groups excluding carboxylic acids is 4. The van der Waals surface area contributed by atoms with Gasteiger partial charge in [-0.15, -0.1) is 0 Å². The third kappa shape index (κ3) is 3.61. The lowest BCUT2D eigenvalue weighted by atomic mass is 9.97. The second-order valence-corrected chi connectivity index (χ2v) is 10.4. The van der Waals surface area contributed by atoms with Crippen molar-refractivity contribution in [2.24, 2.45) is 23.2 Å². The zero-order valence-electron chi connectivity index (χ0n) is 19.2. The Morgan fingerprint density at radius 3 is 2.79 bits per heavy atom. The van der Waals surface area contributed by atoms with Gasteiger partial charge in [0.15, 0.2) is 0 Å². The molecule has 3 heterocycles. The van der Waals surface area contributed by atoms with E-state index < -0.39 is 12.1 Å². The van der Waals surface area contributed by atoms with E-state index >= 15 is 0 Å². The fourth-order valence-electron chi connectivity index (χ4n) is 5.91. The van der Waals surface area contributed by atoms with Crippen molar-refractivity contribution in [2.75, 3.05) is 13.1 Å².